The van der Waals surface area contributed by atoms with E-state index in [1.165, 1.54) is 0 Å². The number of aliphatic hydroxyl groups is 2. The fourth-order valence-electron chi connectivity index (χ4n) is 13.0. The van der Waals surface area contributed by atoms with E-state index in [-0.39, 0.29) is 17.3 Å². The van der Waals surface area contributed by atoms with E-state index >= 15 is 14.4 Å². The van der Waals surface area contributed by atoms with Gasteiger partial charge in [0.2, 0.25) is 0 Å². The molecule has 4 N–H and O–H groups in total. The van der Waals surface area contributed by atoms with Crippen LogP contribution in [0, 0.1) is 62.2 Å². The highest BCUT2D eigenvalue weighted by Crippen LogP contribution is 2.64. The van der Waals surface area contributed by atoms with Gasteiger partial charge in [0.1, 0.15) is 0 Å². The number of rotatable bonds is 12. The number of hydrogen-bond acceptors (Lipinski definition) is 7. The number of benzene rings is 4. The molecule has 0 aromatic heterocycles. The maximum atomic E-state index is 18.2. The molecule has 7 heteroatoms. The molecule has 0 spiro atoms. The van der Waals surface area contributed by atoms with Gasteiger partial charge in [-0.15, -0.1) is 0 Å². The maximum absolute atomic E-state index is 18.2. The van der Waals surface area contributed by atoms with E-state index in [2.05, 4.69) is 86.9 Å². The minimum absolute atomic E-state index is 0.179. The van der Waals surface area contributed by atoms with Gasteiger partial charge < -0.3 is 20.8 Å². The Labute approximate surface area is 412 Å². The van der Waals surface area contributed by atoms with E-state index in [9.17, 15) is 10.2 Å². The van der Waals surface area contributed by atoms with Crippen LogP contribution >= 0.6 is 0 Å². The van der Waals surface area contributed by atoms with Crippen molar-refractivity contribution in [3.63, 3.8) is 0 Å². The molecular formula is C63H64N2O5. The molecule has 0 radical (unpaired) electrons. The molecule has 2 saturated carbocycles. The zero-order chi connectivity index (χ0) is 48.7. The van der Waals surface area contributed by atoms with Crippen molar-refractivity contribution in [2.75, 3.05) is 0 Å². The highest BCUT2D eigenvalue weighted by Gasteiger charge is 2.65. The highest BCUT2D eigenvalue weighted by atomic mass is 16.3. The molecule has 0 saturated heterocycles. The summed E-state index contributed by atoms with van der Waals surface area (Å²) in [4.78, 5) is 49.5. The van der Waals surface area contributed by atoms with E-state index in [0.717, 1.165) is 55.7 Å². The van der Waals surface area contributed by atoms with Gasteiger partial charge in [-0.1, -0.05) is 146 Å². The van der Waals surface area contributed by atoms with Gasteiger partial charge in [-0.05, 0) is 134 Å². The standard InChI is InChI=1S/C63H64N2O5/c1-39-17-11-25-47(41(39)3)49-33-55(45-23-15-31-64-37-45)62(53-27-13-29-57(53)66,35-51(49)59(68)43-19-7-5-8-20-43)61(70)63(54-28-14-30-58(54)67)36-52(60(69)44-21-9-6-10-22-44)50(48-26-12-18-40(2)42(48)4)34-56(63)46-24-16-32-65-38-46/h5-12,15-22,25-26,31-38,53-58,64-67H,13-14,23-24,27-30H2,1-4H3. The van der Waals surface area contributed by atoms with Gasteiger partial charge in [0.15, 0.2) is 17.3 Å². The molecular weight excluding hydrogens is 865 g/mol. The van der Waals surface area contributed by atoms with Crippen molar-refractivity contribution in [3.8, 4) is 0 Å². The van der Waals surface area contributed by atoms with E-state index < -0.39 is 46.7 Å². The van der Waals surface area contributed by atoms with Crippen LogP contribution in [-0.4, -0.2) is 39.8 Å². The molecule has 4 aromatic carbocycles. The second-order valence-corrected chi connectivity index (χ2v) is 20.5. The van der Waals surface area contributed by atoms with Crippen LogP contribution in [0.2, 0.25) is 0 Å². The number of hydrogen-bond donors (Lipinski definition) is 4. The van der Waals surface area contributed by atoms with Gasteiger partial charge in [0, 0.05) is 58.3 Å². The summed E-state index contributed by atoms with van der Waals surface area (Å²) in [6.07, 6.45) is 23.1. The van der Waals surface area contributed by atoms with Crippen LogP contribution in [0.25, 0.3) is 11.1 Å². The highest BCUT2D eigenvalue weighted by molar-refractivity contribution is 6.22. The Morgan fingerprint density at radius 1 is 0.529 bits per heavy atom. The van der Waals surface area contributed by atoms with E-state index in [0.29, 0.717) is 73.6 Å². The Morgan fingerprint density at radius 3 is 1.30 bits per heavy atom. The fraction of sp³-hybridized carbons (Fsp3) is 0.317. The molecule has 2 fully saturated rings. The first-order chi connectivity index (χ1) is 34.0. The van der Waals surface area contributed by atoms with Crippen LogP contribution in [0.15, 0.2) is 181 Å². The summed E-state index contributed by atoms with van der Waals surface area (Å²) in [7, 11) is 0. The molecule has 356 valence electrons. The lowest BCUT2D eigenvalue weighted by Gasteiger charge is -2.55. The molecule has 0 amide bonds. The third kappa shape index (κ3) is 7.97. The van der Waals surface area contributed by atoms with Gasteiger partial charge in [-0.2, -0.15) is 0 Å². The smallest absolute Gasteiger partial charge is 0.193 e. The average Bonchev–Trinajstić information content (AvgIpc) is 4.05. The second-order valence-electron chi connectivity index (χ2n) is 20.5. The lowest BCUT2D eigenvalue weighted by atomic mass is 9.46. The SMILES string of the molecule is Cc1cccc(C2=CC(C3=CNC=CC3)C(C(=O)C3(C4CCCC4O)C=C(C(=O)c4ccccc4)C(c4cccc(C)c4C)=CC3C3=CNC=CC3)(C3CCCC3O)C=C2C(=O)c2ccccc2)c1C. The summed E-state index contributed by atoms with van der Waals surface area (Å²) < 4.78 is 0. The first-order valence-electron chi connectivity index (χ1n) is 25.3. The molecule has 4 aromatic rings. The molecule has 2 aliphatic heterocycles. The zero-order valence-electron chi connectivity index (χ0n) is 40.8. The van der Waals surface area contributed by atoms with Crippen molar-refractivity contribution in [3.05, 3.63) is 225 Å². The predicted molar refractivity (Wildman–Crippen MR) is 279 cm³/mol. The molecule has 0 bridgehead atoms. The number of aliphatic hydroxyl groups excluding tert-OH is 2. The molecule has 8 unspecified atom stereocenters. The van der Waals surface area contributed by atoms with Crippen molar-refractivity contribution < 1.29 is 24.6 Å². The number of Topliss-reactive ketones (excluding diaryl/α,β-unsaturated/α-hetero) is 3. The van der Waals surface area contributed by atoms with E-state index in [1.807, 2.05) is 110 Å². The fourth-order valence-corrected chi connectivity index (χ4v) is 13.0. The van der Waals surface area contributed by atoms with Gasteiger partial charge >= 0.3 is 0 Å². The average molecular weight is 929 g/mol. The molecule has 4 aliphatic carbocycles. The van der Waals surface area contributed by atoms with Crippen molar-refractivity contribution in [1.29, 1.82) is 0 Å². The first kappa shape index (κ1) is 47.0. The number of carbonyl (C=O) groups is 3. The van der Waals surface area contributed by atoms with E-state index in [1.54, 1.807) is 0 Å². The van der Waals surface area contributed by atoms with Gasteiger partial charge in [0.05, 0.1) is 23.0 Å². The third-order valence-electron chi connectivity index (χ3n) is 16.8. The predicted octanol–water partition coefficient (Wildman–Crippen LogP) is 11.9. The van der Waals surface area contributed by atoms with Crippen molar-refractivity contribution in [2.45, 2.75) is 91.3 Å². The quantitative estimate of drug-likeness (QED) is 0.105. The summed E-state index contributed by atoms with van der Waals surface area (Å²) in [6, 6.07) is 30.9. The van der Waals surface area contributed by atoms with Crippen LogP contribution in [0.3, 0.4) is 0 Å². The Bertz CT molecular complexity index is 2800. The monoisotopic (exact) mass is 928 g/mol. The number of nitrogens with one attached hydrogen (secondary N) is 2. The minimum atomic E-state index is -1.54. The zero-order valence-corrected chi connectivity index (χ0v) is 40.8. The summed E-state index contributed by atoms with van der Waals surface area (Å²) in [5, 5.41) is 32.0. The Hall–Kier alpha value is -6.67. The van der Waals surface area contributed by atoms with Gasteiger partial charge in [-0.25, -0.2) is 0 Å². The van der Waals surface area contributed by atoms with Crippen LogP contribution in [0.5, 0.6) is 0 Å². The van der Waals surface area contributed by atoms with E-state index in [4.69, 9.17) is 0 Å². The molecule has 8 atom stereocenters. The maximum Gasteiger partial charge on any atom is 0.193 e. The van der Waals surface area contributed by atoms with Crippen molar-refractivity contribution in [2.24, 2.45) is 34.5 Å². The Kier molecular flexibility index (Phi) is 12.9. The number of dihydropyridines is 2. The minimum Gasteiger partial charge on any atom is -0.393 e. The van der Waals surface area contributed by atoms with Gasteiger partial charge in [-0.3, -0.25) is 14.4 Å². The molecule has 10 rings (SSSR count). The second kappa shape index (κ2) is 19.3. The number of ketones is 3. The number of aryl methyl sites for hydroxylation is 2. The van der Waals surface area contributed by atoms with Gasteiger partial charge in [0.25, 0.3) is 0 Å². The number of allylic oxidation sites excluding steroid dienone is 12. The summed E-state index contributed by atoms with van der Waals surface area (Å²) >= 11 is 0. The molecule has 70 heavy (non-hydrogen) atoms. The molecule has 6 aliphatic rings. The van der Waals surface area contributed by atoms with Crippen LogP contribution in [0.1, 0.15) is 105 Å². The first-order valence-corrected chi connectivity index (χ1v) is 25.3. The summed E-state index contributed by atoms with van der Waals surface area (Å²) in [5.41, 5.74) is 8.18. The summed E-state index contributed by atoms with van der Waals surface area (Å²) in [5.74, 6) is -3.12. The normalized spacial score (nSPS) is 28.3. The van der Waals surface area contributed by atoms with Crippen LogP contribution in [0.4, 0.5) is 0 Å². The number of carbonyl (C=O) groups excluding carboxylic acids is 3. The molecule has 7 nitrogen and oxygen atoms in total. The van der Waals surface area contributed by atoms with Crippen molar-refractivity contribution in [1.82, 2.24) is 10.6 Å². The third-order valence-corrected chi connectivity index (χ3v) is 16.8. The van der Waals surface area contributed by atoms with Crippen LogP contribution in [-0.2, 0) is 4.79 Å². The lowest BCUT2D eigenvalue weighted by Crippen LogP contribution is -2.59. The summed E-state index contributed by atoms with van der Waals surface area (Å²) in [6.45, 7) is 8.33. The Balaban J connectivity index is 1.34. The lowest BCUT2D eigenvalue weighted by molar-refractivity contribution is -0.148. The molecule has 2 heterocycles. The van der Waals surface area contributed by atoms with Crippen LogP contribution < -0.4 is 10.6 Å². The largest absolute Gasteiger partial charge is 0.393 e. The van der Waals surface area contributed by atoms with Crippen molar-refractivity contribution >= 4 is 28.5 Å². The Morgan fingerprint density at radius 2 is 0.943 bits per heavy atom. The topological polar surface area (TPSA) is 116 Å².